The van der Waals surface area contributed by atoms with Crippen LogP contribution in [0.3, 0.4) is 0 Å². The van der Waals surface area contributed by atoms with E-state index in [-0.39, 0.29) is 5.91 Å². The summed E-state index contributed by atoms with van der Waals surface area (Å²) in [7, 11) is 0. The van der Waals surface area contributed by atoms with Crippen LogP contribution in [0.25, 0.3) is 0 Å². The van der Waals surface area contributed by atoms with Crippen LogP contribution < -0.4 is 5.32 Å². The summed E-state index contributed by atoms with van der Waals surface area (Å²) in [6.07, 6.45) is 2.64. The van der Waals surface area contributed by atoms with Crippen molar-refractivity contribution in [1.29, 1.82) is 0 Å². The van der Waals surface area contributed by atoms with Crippen molar-refractivity contribution in [3.05, 3.63) is 30.3 Å². The molecule has 4 heteroatoms. The zero-order valence-electron chi connectivity index (χ0n) is 11.3. The number of amides is 1. The number of carbonyl (C=O) groups is 1. The van der Waals surface area contributed by atoms with E-state index < -0.39 is 5.60 Å². The van der Waals surface area contributed by atoms with Gasteiger partial charge in [-0.1, -0.05) is 18.2 Å². The third-order valence-electron chi connectivity index (χ3n) is 3.44. The molecule has 1 aliphatic carbocycles. The van der Waals surface area contributed by atoms with Gasteiger partial charge in [0.05, 0.1) is 5.60 Å². The Hall–Kier alpha value is -1.00. The summed E-state index contributed by atoms with van der Waals surface area (Å²) in [5.41, 5.74) is -0.734. The minimum atomic E-state index is -0.734. The highest BCUT2D eigenvalue weighted by Crippen LogP contribution is 2.38. The van der Waals surface area contributed by atoms with E-state index in [2.05, 4.69) is 5.32 Å². The molecule has 1 aromatic carbocycles. The maximum atomic E-state index is 11.7. The molecule has 0 aromatic heterocycles. The second kappa shape index (κ2) is 6.44. The van der Waals surface area contributed by atoms with Crippen molar-refractivity contribution in [2.75, 3.05) is 12.3 Å². The van der Waals surface area contributed by atoms with Crippen molar-refractivity contribution in [2.24, 2.45) is 5.92 Å². The number of hydrogen-bond acceptors (Lipinski definition) is 3. The summed E-state index contributed by atoms with van der Waals surface area (Å²) < 4.78 is 0. The molecule has 0 saturated heterocycles. The molecule has 1 saturated carbocycles. The average Bonchev–Trinajstić information content (AvgIpc) is 3.22. The number of hydrogen-bond donors (Lipinski definition) is 2. The van der Waals surface area contributed by atoms with Crippen LogP contribution in [0.4, 0.5) is 0 Å². The predicted molar refractivity (Wildman–Crippen MR) is 78.1 cm³/mol. The summed E-state index contributed by atoms with van der Waals surface area (Å²) in [5, 5.41) is 12.9. The fourth-order valence-electron chi connectivity index (χ4n) is 1.99. The molecule has 0 aliphatic heterocycles. The van der Waals surface area contributed by atoms with Crippen LogP contribution in [0.15, 0.2) is 35.2 Å². The maximum Gasteiger partial charge on any atom is 0.220 e. The fourth-order valence-corrected chi connectivity index (χ4v) is 2.87. The van der Waals surface area contributed by atoms with E-state index in [4.69, 9.17) is 0 Å². The lowest BCUT2D eigenvalue weighted by Gasteiger charge is -2.23. The van der Waals surface area contributed by atoms with E-state index in [1.165, 1.54) is 4.90 Å². The summed E-state index contributed by atoms with van der Waals surface area (Å²) in [4.78, 5) is 12.9. The highest BCUT2D eigenvalue weighted by atomic mass is 32.2. The van der Waals surface area contributed by atoms with Crippen LogP contribution >= 0.6 is 11.8 Å². The lowest BCUT2D eigenvalue weighted by atomic mass is 10.0. The first-order valence-corrected chi connectivity index (χ1v) is 7.73. The minimum Gasteiger partial charge on any atom is -0.388 e. The summed E-state index contributed by atoms with van der Waals surface area (Å²) in [6, 6.07) is 10.1. The lowest BCUT2D eigenvalue weighted by Crippen LogP contribution is -2.42. The first-order valence-electron chi connectivity index (χ1n) is 6.75. The molecule has 19 heavy (non-hydrogen) atoms. The van der Waals surface area contributed by atoms with Crippen molar-refractivity contribution >= 4 is 17.7 Å². The topological polar surface area (TPSA) is 49.3 Å². The van der Waals surface area contributed by atoms with Gasteiger partial charge in [0, 0.05) is 23.6 Å². The monoisotopic (exact) mass is 279 g/mol. The van der Waals surface area contributed by atoms with E-state index in [9.17, 15) is 9.90 Å². The normalized spacial score (nSPS) is 17.8. The van der Waals surface area contributed by atoms with Gasteiger partial charge >= 0.3 is 0 Å². The molecule has 0 bridgehead atoms. The van der Waals surface area contributed by atoms with Gasteiger partial charge in [0.25, 0.3) is 0 Å². The van der Waals surface area contributed by atoms with Gasteiger partial charge in [0.1, 0.15) is 0 Å². The van der Waals surface area contributed by atoms with E-state index >= 15 is 0 Å². The molecule has 1 amide bonds. The van der Waals surface area contributed by atoms with E-state index in [0.29, 0.717) is 18.9 Å². The van der Waals surface area contributed by atoms with Gasteiger partial charge in [0.15, 0.2) is 0 Å². The predicted octanol–water partition coefficient (Wildman–Crippen LogP) is 2.45. The van der Waals surface area contributed by atoms with Crippen molar-refractivity contribution in [3.63, 3.8) is 0 Å². The van der Waals surface area contributed by atoms with Gasteiger partial charge in [-0.2, -0.15) is 0 Å². The van der Waals surface area contributed by atoms with Gasteiger partial charge in [0.2, 0.25) is 5.91 Å². The highest BCUT2D eigenvalue weighted by Gasteiger charge is 2.39. The lowest BCUT2D eigenvalue weighted by molar-refractivity contribution is -0.122. The summed E-state index contributed by atoms with van der Waals surface area (Å²) in [5.74, 6) is 1.15. The Balaban J connectivity index is 1.62. The standard InChI is InChI=1S/C15H21NO2S/c1-15(18,12-7-8-12)11-16-14(17)9-10-19-13-5-3-2-4-6-13/h2-6,12,18H,7-11H2,1H3,(H,16,17)/t15-/m0/s1. The molecule has 2 N–H and O–H groups in total. The summed E-state index contributed by atoms with van der Waals surface area (Å²) in [6.45, 7) is 2.18. The molecule has 1 aliphatic rings. The quantitative estimate of drug-likeness (QED) is 0.754. The van der Waals surface area contributed by atoms with Crippen LogP contribution in [0.2, 0.25) is 0 Å². The fraction of sp³-hybridized carbons (Fsp3) is 0.533. The Kier molecular flexibility index (Phi) is 4.88. The van der Waals surface area contributed by atoms with E-state index in [0.717, 1.165) is 18.6 Å². The molecular formula is C15H21NO2S. The third kappa shape index (κ3) is 4.88. The molecule has 1 aromatic rings. The molecular weight excluding hydrogens is 258 g/mol. The van der Waals surface area contributed by atoms with Gasteiger partial charge in [-0.05, 0) is 37.8 Å². The van der Waals surface area contributed by atoms with Gasteiger partial charge in [-0.3, -0.25) is 4.79 Å². The molecule has 104 valence electrons. The molecule has 0 unspecified atom stereocenters. The third-order valence-corrected chi connectivity index (χ3v) is 4.46. The number of rotatable bonds is 7. The zero-order valence-corrected chi connectivity index (χ0v) is 12.1. The number of aliphatic hydroxyl groups is 1. The maximum absolute atomic E-state index is 11.7. The summed E-state index contributed by atoms with van der Waals surface area (Å²) >= 11 is 1.68. The van der Waals surface area contributed by atoms with Gasteiger partial charge < -0.3 is 10.4 Å². The Bertz CT molecular complexity index is 415. The van der Waals surface area contributed by atoms with Gasteiger partial charge in [-0.25, -0.2) is 0 Å². The minimum absolute atomic E-state index is 0.0179. The molecule has 0 heterocycles. The Morgan fingerprint density at radius 2 is 2.11 bits per heavy atom. The molecule has 2 rings (SSSR count). The molecule has 3 nitrogen and oxygen atoms in total. The van der Waals surface area contributed by atoms with Crippen LogP contribution in [0.1, 0.15) is 26.2 Å². The second-order valence-electron chi connectivity index (χ2n) is 5.32. The van der Waals surface area contributed by atoms with Crippen LogP contribution in [0, 0.1) is 5.92 Å². The molecule has 0 radical (unpaired) electrons. The molecule has 1 fully saturated rings. The SMILES string of the molecule is C[C@](O)(CNC(=O)CCSc1ccccc1)C1CC1. The molecule has 0 spiro atoms. The van der Waals surface area contributed by atoms with Crippen molar-refractivity contribution in [1.82, 2.24) is 5.32 Å². The Morgan fingerprint density at radius 3 is 2.74 bits per heavy atom. The van der Waals surface area contributed by atoms with Crippen molar-refractivity contribution < 1.29 is 9.90 Å². The van der Waals surface area contributed by atoms with Crippen molar-refractivity contribution in [2.45, 2.75) is 36.7 Å². The first kappa shape index (κ1) is 14.4. The Labute approximate surface area is 118 Å². The zero-order chi connectivity index (χ0) is 13.7. The van der Waals surface area contributed by atoms with Crippen LogP contribution in [0.5, 0.6) is 0 Å². The van der Waals surface area contributed by atoms with E-state index in [1.807, 2.05) is 37.3 Å². The average molecular weight is 279 g/mol. The first-order chi connectivity index (χ1) is 9.08. The van der Waals surface area contributed by atoms with Gasteiger partial charge in [-0.15, -0.1) is 11.8 Å². The van der Waals surface area contributed by atoms with Crippen LogP contribution in [-0.4, -0.2) is 28.9 Å². The number of thioether (sulfide) groups is 1. The number of nitrogens with one attached hydrogen (secondary N) is 1. The number of benzene rings is 1. The number of carbonyl (C=O) groups excluding carboxylic acids is 1. The Morgan fingerprint density at radius 1 is 1.42 bits per heavy atom. The van der Waals surface area contributed by atoms with Crippen molar-refractivity contribution in [3.8, 4) is 0 Å². The second-order valence-corrected chi connectivity index (χ2v) is 6.49. The molecule has 1 atom stereocenters. The van der Waals surface area contributed by atoms with E-state index in [1.54, 1.807) is 11.8 Å². The largest absolute Gasteiger partial charge is 0.388 e. The van der Waals surface area contributed by atoms with Crippen LogP contribution in [-0.2, 0) is 4.79 Å². The smallest absolute Gasteiger partial charge is 0.220 e. The highest BCUT2D eigenvalue weighted by molar-refractivity contribution is 7.99.